The van der Waals surface area contributed by atoms with Crippen LogP contribution in [0.3, 0.4) is 0 Å². The number of thiazole rings is 1. The summed E-state index contributed by atoms with van der Waals surface area (Å²) in [6.07, 6.45) is 1.55. The highest BCUT2D eigenvalue weighted by Gasteiger charge is 2.07. The third-order valence-electron chi connectivity index (χ3n) is 2.72. The number of carbonyl (C=O) groups is 1. The predicted octanol–water partition coefficient (Wildman–Crippen LogP) is 3.45. The van der Waals surface area contributed by atoms with Gasteiger partial charge in [0.15, 0.2) is 3.95 Å². The summed E-state index contributed by atoms with van der Waals surface area (Å²) in [6.45, 7) is 2.11. The zero-order valence-electron chi connectivity index (χ0n) is 11.6. The van der Waals surface area contributed by atoms with Crippen molar-refractivity contribution in [2.45, 2.75) is 6.92 Å². The highest BCUT2D eigenvalue weighted by Crippen LogP contribution is 2.23. The van der Waals surface area contributed by atoms with Gasteiger partial charge in [0, 0.05) is 7.05 Å². The van der Waals surface area contributed by atoms with Crippen molar-refractivity contribution < 1.29 is 14.6 Å². The minimum Gasteiger partial charge on any atom is -0.493 e. The molecule has 0 amide bonds. The van der Waals surface area contributed by atoms with Crippen LogP contribution in [0.2, 0.25) is 0 Å². The maximum Gasteiger partial charge on any atom is 0.338 e. The van der Waals surface area contributed by atoms with Crippen molar-refractivity contribution in [1.82, 2.24) is 4.57 Å². The third-order valence-corrected chi connectivity index (χ3v) is 4.20. The molecule has 0 radical (unpaired) electrons. The predicted molar refractivity (Wildman–Crippen MR) is 85.4 cm³/mol. The molecule has 0 spiro atoms. The van der Waals surface area contributed by atoms with Crippen LogP contribution in [0.15, 0.2) is 29.3 Å². The Morgan fingerprint density at radius 1 is 1.48 bits per heavy atom. The fraction of sp³-hybridized carbons (Fsp3) is 0.214. The highest BCUT2D eigenvalue weighted by molar-refractivity contribution is 7.73. The normalized spacial score (nSPS) is 11.0. The van der Waals surface area contributed by atoms with Crippen molar-refractivity contribution in [2.24, 2.45) is 12.0 Å². The van der Waals surface area contributed by atoms with Gasteiger partial charge in [0.2, 0.25) is 5.88 Å². The minimum absolute atomic E-state index is 0.0943. The Labute approximate surface area is 131 Å². The molecule has 0 aliphatic heterocycles. The van der Waals surface area contributed by atoms with Crippen molar-refractivity contribution in [3.63, 3.8) is 0 Å². The maximum atomic E-state index is 11.5. The molecule has 1 aromatic heterocycles. The maximum absolute atomic E-state index is 11.5. The SMILES string of the molecule is CCOC(=O)c1ccc(N=Cc2sc(=S)n(C)c2O)cc1. The average Bonchev–Trinajstić information content (AvgIpc) is 2.73. The van der Waals surface area contributed by atoms with Crippen LogP contribution in [0.5, 0.6) is 5.88 Å². The standard InChI is InChI=1S/C14H14N2O3S2/c1-3-19-13(18)9-4-6-10(7-5-9)15-8-11-12(17)16(2)14(20)21-11/h4-8,17H,3H2,1-2H3. The van der Waals surface area contributed by atoms with Gasteiger partial charge in [-0.1, -0.05) is 11.3 Å². The fourth-order valence-electron chi connectivity index (χ4n) is 1.58. The largest absolute Gasteiger partial charge is 0.493 e. The van der Waals surface area contributed by atoms with Crippen LogP contribution in [0.25, 0.3) is 0 Å². The van der Waals surface area contributed by atoms with E-state index in [4.69, 9.17) is 17.0 Å². The number of rotatable bonds is 4. The van der Waals surface area contributed by atoms with Gasteiger partial charge in [0.1, 0.15) is 4.88 Å². The summed E-state index contributed by atoms with van der Waals surface area (Å²) < 4.78 is 7.00. The molecule has 0 fully saturated rings. The molecule has 1 N–H and O–H groups in total. The molecular formula is C14H14N2O3S2. The summed E-state index contributed by atoms with van der Waals surface area (Å²) in [5.74, 6) is -0.261. The molecule has 0 bridgehead atoms. The first-order valence-electron chi connectivity index (χ1n) is 6.23. The van der Waals surface area contributed by atoms with Gasteiger partial charge >= 0.3 is 5.97 Å². The van der Waals surface area contributed by atoms with Gasteiger partial charge in [0.25, 0.3) is 0 Å². The molecule has 1 heterocycles. The Kier molecular flexibility index (Phi) is 4.87. The second-order valence-corrected chi connectivity index (χ2v) is 5.82. The van der Waals surface area contributed by atoms with E-state index in [0.717, 1.165) is 0 Å². The van der Waals surface area contributed by atoms with Crippen molar-refractivity contribution in [2.75, 3.05) is 6.61 Å². The second-order valence-electron chi connectivity index (χ2n) is 4.14. The first-order chi connectivity index (χ1) is 10.0. The Morgan fingerprint density at radius 3 is 2.67 bits per heavy atom. The molecule has 110 valence electrons. The van der Waals surface area contributed by atoms with E-state index in [9.17, 15) is 9.90 Å². The number of benzene rings is 1. The fourth-order valence-corrected chi connectivity index (χ4v) is 2.68. The summed E-state index contributed by atoms with van der Waals surface area (Å²) in [7, 11) is 1.69. The molecule has 21 heavy (non-hydrogen) atoms. The van der Waals surface area contributed by atoms with Gasteiger partial charge in [-0.25, -0.2) is 4.79 Å². The number of aliphatic imine (C=N–C) groups is 1. The molecule has 0 aliphatic rings. The van der Waals surface area contributed by atoms with E-state index >= 15 is 0 Å². The molecule has 2 aromatic rings. The van der Waals surface area contributed by atoms with Crippen molar-refractivity contribution in [3.8, 4) is 5.88 Å². The molecular weight excluding hydrogens is 308 g/mol. The van der Waals surface area contributed by atoms with E-state index in [2.05, 4.69) is 4.99 Å². The quantitative estimate of drug-likeness (QED) is 0.532. The first-order valence-corrected chi connectivity index (χ1v) is 7.45. The van der Waals surface area contributed by atoms with E-state index < -0.39 is 0 Å². The van der Waals surface area contributed by atoms with E-state index in [1.54, 1.807) is 44.5 Å². The number of hydrogen-bond donors (Lipinski definition) is 1. The number of ether oxygens (including phenoxy) is 1. The van der Waals surface area contributed by atoms with Gasteiger partial charge in [-0.3, -0.25) is 9.56 Å². The second kappa shape index (κ2) is 6.64. The topological polar surface area (TPSA) is 63.8 Å². The first kappa shape index (κ1) is 15.4. The lowest BCUT2D eigenvalue weighted by Crippen LogP contribution is -2.03. The average molecular weight is 322 g/mol. The lowest BCUT2D eigenvalue weighted by Gasteiger charge is -2.01. The number of hydrogen-bond acceptors (Lipinski definition) is 6. The minimum atomic E-state index is -0.355. The zero-order valence-corrected chi connectivity index (χ0v) is 13.2. The monoisotopic (exact) mass is 322 g/mol. The molecule has 5 nitrogen and oxygen atoms in total. The molecule has 1 aromatic carbocycles. The molecule has 0 unspecified atom stereocenters. The lowest BCUT2D eigenvalue weighted by molar-refractivity contribution is 0.0526. The summed E-state index contributed by atoms with van der Waals surface area (Å²) in [4.78, 5) is 16.4. The van der Waals surface area contributed by atoms with Crippen LogP contribution in [-0.4, -0.2) is 28.5 Å². The Morgan fingerprint density at radius 2 is 2.14 bits per heavy atom. The number of aromatic hydroxyl groups is 1. The molecule has 7 heteroatoms. The van der Waals surface area contributed by atoms with Gasteiger partial charge < -0.3 is 9.84 Å². The third kappa shape index (κ3) is 3.56. The van der Waals surface area contributed by atoms with Crippen molar-refractivity contribution in [1.29, 1.82) is 0 Å². The van der Waals surface area contributed by atoms with Crippen molar-refractivity contribution >= 4 is 41.4 Å². The highest BCUT2D eigenvalue weighted by atomic mass is 32.1. The summed E-state index contributed by atoms with van der Waals surface area (Å²) in [5.41, 5.74) is 1.15. The van der Waals surface area contributed by atoms with E-state index in [0.29, 0.717) is 26.7 Å². The molecule has 2 rings (SSSR count). The summed E-state index contributed by atoms with van der Waals surface area (Å²) in [6, 6.07) is 6.72. The molecule has 0 atom stereocenters. The number of aromatic nitrogens is 1. The summed E-state index contributed by atoms with van der Waals surface area (Å²) in [5, 5.41) is 9.83. The number of carbonyl (C=O) groups excluding carboxylic acids is 1. The Bertz CT molecular complexity index is 730. The Hall–Kier alpha value is -1.99. The van der Waals surface area contributed by atoms with Crippen LogP contribution in [0.4, 0.5) is 5.69 Å². The van der Waals surface area contributed by atoms with Gasteiger partial charge in [-0.15, -0.1) is 0 Å². The van der Waals surface area contributed by atoms with E-state index in [1.165, 1.54) is 15.9 Å². The van der Waals surface area contributed by atoms with Gasteiger partial charge in [-0.05, 0) is 43.4 Å². The van der Waals surface area contributed by atoms with Gasteiger partial charge in [-0.2, -0.15) is 0 Å². The molecule has 0 saturated carbocycles. The van der Waals surface area contributed by atoms with Crippen LogP contribution < -0.4 is 0 Å². The lowest BCUT2D eigenvalue weighted by atomic mass is 10.2. The van der Waals surface area contributed by atoms with Crippen LogP contribution in [0, 0.1) is 3.95 Å². The number of esters is 1. The van der Waals surface area contributed by atoms with Crippen LogP contribution in [0.1, 0.15) is 22.2 Å². The van der Waals surface area contributed by atoms with Crippen LogP contribution in [-0.2, 0) is 11.8 Å². The van der Waals surface area contributed by atoms with Gasteiger partial charge in [0.05, 0.1) is 24.1 Å². The molecule has 0 aliphatic carbocycles. The van der Waals surface area contributed by atoms with Crippen molar-refractivity contribution in [3.05, 3.63) is 38.7 Å². The van der Waals surface area contributed by atoms with E-state index in [1.807, 2.05) is 0 Å². The zero-order chi connectivity index (χ0) is 15.4. The smallest absolute Gasteiger partial charge is 0.338 e. The number of nitrogens with zero attached hydrogens (tertiary/aromatic N) is 2. The van der Waals surface area contributed by atoms with Crippen LogP contribution >= 0.6 is 23.6 Å². The molecule has 0 saturated heterocycles. The summed E-state index contributed by atoms with van der Waals surface area (Å²) >= 11 is 6.35. The van der Waals surface area contributed by atoms with E-state index in [-0.39, 0.29) is 11.8 Å². The Balaban J connectivity index is 2.16.